The smallest absolute Gasteiger partial charge is 0.337 e. The summed E-state index contributed by atoms with van der Waals surface area (Å²) >= 11 is 0. The maximum absolute atomic E-state index is 13.6. The zero-order valence-electron chi connectivity index (χ0n) is 40.0. The lowest BCUT2D eigenvalue weighted by atomic mass is 9.95. The summed E-state index contributed by atoms with van der Waals surface area (Å²) in [5.41, 5.74) is 4.67. The fraction of sp³-hybridized carbons (Fsp3) is 0.167. The first-order valence-corrected chi connectivity index (χ1v) is 25.9. The van der Waals surface area contributed by atoms with E-state index in [2.05, 4.69) is 9.57 Å². The van der Waals surface area contributed by atoms with E-state index < -0.39 is 50.3 Å². The Balaban J connectivity index is 0.000000214. The van der Waals surface area contributed by atoms with Gasteiger partial charge in [0.05, 0.1) is 60.4 Å². The molecule has 0 aliphatic rings. The number of hydrogen-bond acceptors (Lipinski definition) is 12. The summed E-state index contributed by atoms with van der Waals surface area (Å²) in [7, 11) is -5.08. The molecular formula is C54H45F2N3O12S2. The monoisotopic (exact) mass is 1030 g/mol. The van der Waals surface area contributed by atoms with E-state index in [-0.39, 0.29) is 75.2 Å². The van der Waals surface area contributed by atoms with E-state index >= 15 is 0 Å². The summed E-state index contributed by atoms with van der Waals surface area (Å²) in [6.07, 6.45) is 2.35. The standard InChI is InChI=1S/C28H23FN2O6S.C26H22FNO6S/c1-5-24(32)26-22-14-21(18-7-6-8-19(13-18)28(33)36-3)23(31(16-30-2)38(4,34)35)15-25(22)37-27(26)17-9-11-20(29)12-10-17;1-4-22(29)24-20-13-19(16-6-5-7-17(12-16)26(30)33-2)21(28-35(3,31)32)14-23(20)34-25(24)15-8-10-18(27)11-9-15/h6-15H,5,16H2,1,3-4H3;5-14,28H,4H2,1-3H3. The van der Waals surface area contributed by atoms with Crippen molar-refractivity contribution in [3.05, 3.63) is 167 Å². The van der Waals surface area contributed by atoms with Gasteiger partial charge in [0, 0.05) is 58.0 Å². The van der Waals surface area contributed by atoms with Crippen LogP contribution in [0.4, 0.5) is 20.2 Å². The Kier molecular flexibility index (Phi) is 15.4. The second kappa shape index (κ2) is 21.5. The van der Waals surface area contributed by atoms with Crippen molar-refractivity contribution in [2.24, 2.45) is 0 Å². The molecule has 1 N–H and O–H groups in total. The van der Waals surface area contributed by atoms with Crippen molar-refractivity contribution in [1.82, 2.24) is 0 Å². The molecule has 73 heavy (non-hydrogen) atoms. The van der Waals surface area contributed by atoms with Crippen LogP contribution in [-0.4, -0.2) is 73.7 Å². The SMILES string of the molecule is CCC(=O)c1c(-c2ccc(F)cc2)oc2cc(NS(C)(=O)=O)c(-c3cccc(C(=O)OC)c3)cc12.[C-]#[N+]CN(c1cc2oc(-c3ccc(F)cc3)c(C(=O)CC)c2cc1-c1cccc(C(=O)OC)c1)S(C)(=O)=O. The molecule has 2 heterocycles. The molecule has 2 aromatic heterocycles. The number of esters is 2. The van der Waals surface area contributed by atoms with Gasteiger partial charge in [-0.1, -0.05) is 38.1 Å². The van der Waals surface area contributed by atoms with Crippen LogP contribution in [0.1, 0.15) is 68.1 Å². The van der Waals surface area contributed by atoms with Gasteiger partial charge >= 0.3 is 18.6 Å². The molecule has 0 bridgehead atoms. The summed E-state index contributed by atoms with van der Waals surface area (Å²) < 4.78 is 102. The van der Waals surface area contributed by atoms with Gasteiger partial charge in [-0.2, -0.15) is 4.31 Å². The van der Waals surface area contributed by atoms with Gasteiger partial charge in [-0.25, -0.2) is 41.8 Å². The normalized spacial score (nSPS) is 11.3. The van der Waals surface area contributed by atoms with E-state index in [9.17, 15) is 44.8 Å². The molecule has 0 aliphatic carbocycles. The second-order valence-corrected chi connectivity index (χ2v) is 20.0. The van der Waals surface area contributed by atoms with Gasteiger partial charge in [-0.15, -0.1) is 0 Å². The topological polar surface area (TPSA) is 201 Å². The number of anilines is 2. The lowest BCUT2D eigenvalue weighted by Gasteiger charge is -2.20. The number of carbonyl (C=O) groups is 4. The number of fused-ring (bicyclic) bond motifs is 2. The van der Waals surface area contributed by atoms with Crippen LogP contribution >= 0.6 is 0 Å². The Bertz CT molecular complexity index is 3750. The zero-order chi connectivity index (χ0) is 52.9. The van der Waals surface area contributed by atoms with Crippen LogP contribution in [0, 0.1) is 18.2 Å². The highest BCUT2D eigenvalue weighted by Gasteiger charge is 2.29. The predicted octanol–water partition coefficient (Wildman–Crippen LogP) is 11.6. The number of nitrogens with one attached hydrogen (secondary N) is 1. The first-order chi connectivity index (χ1) is 34.7. The van der Waals surface area contributed by atoms with Gasteiger partial charge in [-0.3, -0.25) is 19.2 Å². The summed E-state index contributed by atoms with van der Waals surface area (Å²) in [5.74, 6) is -1.96. The van der Waals surface area contributed by atoms with E-state index in [1.165, 1.54) is 80.9 Å². The number of methoxy groups -OCH3 is 2. The number of rotatable bonds is 15. The lowest BCUT2D eigenvalue weighted by molar-refractivity contribution is 0.0592. The minimum Gasteiger partial charge on any atom is -0.465 e. The molecule has 0 amide bonds. The molecule has 0 fully saturated rings. The molecule has 0 saturated heterocycles. The summed E-state index contributed by atoms with van der Waals surface area (Å²) in [6.45, 7) is 10.2. The molecule has 8 aromatic rings. The van der Waals surface area contributed by atoms with E-state index in [1.54, 1.807) is 68.4 Å². The number of benzene rings is 6. The average molecular weight is 1030 g/mol. The van der Waals surface area contributed by atoms with Crippen molar-refractivity contribution in [3.63, 3.8) is 0 Å². The van der Waals surface area contributed by atoms with Gasteiger partial charge in [0.15, 0.2) is 11.6 Å². The third-order valence-electron chi connectivity index (χ3n) is 11.4. The predicted molar refractivity (Wildman–Crippen MR) is 273 cm³/mol. The van der Waals surface area contributed by atoms with Crippen molar-refractivity contribution in [3.8, 4) is 44.9 Å². The Hall–Kier alpha value is -8.47. The molecule has 0 aliphatic heterocycles. The Morgan fingerprint density at radius 2 is 1.05 bits per heavy atom. The van der Waals surface area contributed by atoms with Crippen LogP contribution in [0.2, 0.25) is 0 Å². The van der Waals surface area contributed by atoms with Crippen LogP contribution in [0.5, 0.6) is 0 Å². The van der Waals surface area contributed by atoms with Crippen LogP contribution in [0.3, 0.4) is 0 Å². The molecule has 0 unspecified atom stereocenters. The number of hydrogen-bond donors (Lipinski definition) is 1. The van der Waals surface area contributed by atoms with E-state index in [0.29, 0.717) is 49.7 Å². The molecule has 6 aromatic carbocycles. The number of Topliss-reactive ketones (excluding diaryl/α,β-unsaturated/α-hetero) is 2. The Morgan fingerprint density at radius 3 is 1.47 bits per heavy atom. The number of halogens is 2. The fourth-order valence-electron chi connectivity index (χ4n) is 8.04. The summed E-state index contributed by atoms with van der Waals surface area (Å²) in [5, 5.41) is 0.878. The molecule has 374 valence electrons. The fourth-order valence-corrected chi connectivity index (χ4v) is 9.38. The van der Waals surface area contributed by atoms with Gasteiger partial charge < -0.3 is 18.3 Å². The van der Waals surface area contributed by atoms with Crippen molar-refractivity contribution < 1.29 is 63.1 Å². The van der Waals surface area contributed by atoms with E-state index in [1.807, 2.05) is 0 Å². The number of ketones is 2. The quantitative estimate of drug-likeness (QED) is 0.0579. The number of carbonyl (C=O) groups excluding carboxylic acids is 4. The van der Waals surface area contributed by atoms with E-state index in [0.717, 1.165) is 16.8 Å². The molecule has 15 nitrogen and oxygen atoms in total. The number of furan rings is 2. The van der Waals surface area contributed by atoms with Crippen LogP contribution in [-0.2, 0) is 29.5 Å². The third-order valence-corrected chi connectivity index (χ3v) is 13.1. The van der Waals surface area contributed by atoms with E-state index in [4.69, 9.17) is 24.9 Å². The highest BCUT2D eigenvalue weighted by Crippen LogP contribution is 2.43. The third kappa shape index (κ3) is 11.4. The molecule has 0 saturated carbocycles. The Labute approximate surface area is 418 Å². The first-order valence-electron chi connectivity index (χ1n) is 22.2. The number of ether oxygens (including phenoxy) is 2. The van der Waals surface area contributed by atoms with Gasteiger partial charge in [0.25, 0.3) is 0 Å². The van der Waals surface area contributed by atoms with Gasteiger partial charge in [-0.05, 0) is 96.1 Å². The number of nitrogens with zero attached hydrogens (tertiary/aromatic N) is 2. The lowest BCUT2D eigenvalue weighted by Crippen LogP contribution is -2.29. The van der Waals surface area contributed by atoms with Gasteiger partial charge in [0.2, 0.25) is 20.0 Å². The minimum atomic E-state index is -3.91. The molecule has 0 spiro atoms. The first kappa shape index (κ1) is 52.4. The zero-order valence-corrected chi connectivity index (χ0v) is 41.7. The maximum atomic E-state index is 13.6. The van der Waals surface area contributed by atoms with Crippen molar-refractivity contribution in [2.75, 3.05) is 42.4 Å². The van der Waals surface area contributed by atoms with Crippen LogP contribution < -0.4 is 9.03 Å². The van der Waals surface area contributed by atoms with Crippen LogP contribution in [0.15, 0.2) is 130 Å². The van der Waals surface area contributed by atoms with Crippen LogP contribution in [0.25, 0.3) is 71.7 Å². The molecule has 8 rings (SSSR count). The van der Waals surface area contributed by atoms with Crippen molar-refractivity contribution >= 4 is 76.9 Å². The molecule has 19 heteroatoms. The van der Waals surface area contributed by atoms with Gasteiger partial charge in [0.1, 0.15) is 34.3 Å². The Morgan fingerprint density at radius 1 is 0.616 bits per heavy atom. The largest absolute Gasteiger partial charge is 0.465 e. The number of sulfonamides is 2. The second-order valence-electron chi connectivity index (χ2n) is 16.4. The van der Waals surface area contributed by atoms with Crippen molar-refractivity contribution in [2.45, 2.75) is 26.7 Å². The summed E-state index contributed by atoms with van der Waals surface area (Å²) in [4.78, 5) is 53.7. The average Bonchev–Trinajstić information content (AvgIpc) is 3.94. The summed E-state index contributed by atoms with van der Waals surface area (Å²) in [6, 6.07) is 30.1. The molecule has 0 radical (unpaired) electrons. The highest BCUT2D eigenvalue weighted by atomic mass is 32.2. The molecular weight excluding hydrogens is 985 g/mol. The maximum Gasteiger partial charge on any atom is 0.337 e. The van der Waals surface area contributed by atoms with Crippen molar-refractivity contribution in [1.29, 1.82) is 0 Å². The minimum absolute atomic E-state index is 0.132. The highest BCUT2D eigenvalue weighted by molar-refractivity contribution is 7.92. The molecule has 0 atom stereocenters.